The first-order chi connectivity index (χ1) is 11.5. The molecule has 0 N–H and O–H groups in total. The Morgan fingerprint density at radius 2 is 1.92 bits per heavy atom. The summed E-state index contributed by atoms with van der Waals surface area (Å²) in [4.78, 5) is 21.6. The molecule has 0 aliphatic carbocycles. The predicted octanol–water partition coefficient (Wildman–Crippen LogP) is 2.86. The van der Waals surface area contributed by atoms with Crippen LogP contribution in [0.4, 0.5) is 0 Å². The molecule has 1 aromatic rings. The van der Waals surface area contributed by atoms with Gasteiger partial charge in [0.2, 0.25) is 0 Å². The Labute approximate surface area is 150 Å². The predicted molar refractivity (Wildman–Crippen MR) is 101 cm³/mol. The fourth-order valence-electron chi connectivity index (χ4n) is 4.31. The van der Waals surface area contributed by atoms with Gasteiger partial charge in [0.05, 0.1) is 5.56 Å². The van der Waals surface area contributed by atoms with Crippen molar-refractivity contribution in [2.75, 3.05) is 46.8 Å². The first-order valence-electron chi connectivity index (χ1n) is 9.23. The third-order valence-electron chi connectivity index (χ3n) is 6.11. The van der Waals surface area contributed by atoms with E-state index in [-0.39, 0.29) is 11.4 Å². The minimum absolute atomic E-state index is 0.163. The lowest BCUT2D eigenvalue weighted by molar-refractivity contribution is 0.0316. The number of likely N-dealkylation sites (tertiary alicyclic amines) is 1. The number of likely N-dealkylation sites (N-methyl/N-ethyl adjacent to an activating group) is 1. The molecule has 0 radical (unpaired) electrons. The van der Waals surface area contributed by atoms with Crippen LogP contribution in [0.2, 0.25) is 0 Å². The Balaban J connectivity index is 1.83. The number of thiophene rings is 1. The molecule has 24 heavy (non-hydrogen) atoms. The van der Waals surface area contributed by atoms with Gasteiger partial charge in [-0.25, -0.2) is 0 Å². The molecule has 3 rings (SSSR count). The molecule has 134 valence electrons. The molecule has 5 heteroatoms. The smallest absolute Gasteiger partial charge is 0.255 e. The summed E-state index contributed by atoms with van der Waals surface area (Å²) in [5, 5.41) is 2.08. The first-order valence-corrected chi connectivity index (χ1v) is 10.1. The normalized spacial score (nSPS) is 22.8. The van der Waals surface area contributed by atoms with Gasteiger partial charge in [-0.2, -0.15) is 0 Å². The summed E-state index contributed by atoms with van der Waals surface area (Å²) >= 11 is 1.72. The average molecular weight is 350 g/mol. The van der Waals surface area contributed by atoms with Gasteiger partial charge in [0.1, 0.15) is 0 Å². The molecule has 0 unspecified atom stereocenters. The highest BCUT2D eigenvalue weighted by Crippen LogP contribution is 2.32. The van der Waals surface area contributed by atoms with Crippen LogP contribution in [-0.2, 0) is 6.42 Å². The van der Waals surface area contributed by atoms with Crippen molar-refractivity contribution in [2.45, 2.75) is 45.1 Å². The van der Waals surface area contributed by atoms with Crippen molar-refractivity contribution >= 4 is 17.2 Å². The van der Waals surface area contributed by atoms with E-state index in [0.717, 1.165) is 64.0 Å². The maximum atomic E-state index is 13.2. The number of hydrogen-bond acceptors (Lipinski definition) is 4. The van der Waals surface area contributed by atoms with E-state index in [1.807, 2.05) is 0 Å². The van der Waals surface area contributed by atoms with Crippen LogP contribution in [0.3, 0.4) is 0 Å². The maximum absolute atomic E-state index is 13.2. The molecule has 0 bridgehead atoms. The van der Waals surface area contributed by atoms with Gasteiger partial charge in [0, 0.05) is 35.4 Å². The molecule has 0 atom stereocenters. The summed E-state index contributed by atoms with van der Waals surface area (Å²) in [6.07, 6.45) is 4.34. The van der Waals surface area contributed by atoms with Gasteiger partial charge in [-0.1, -0.05) is 6.92 Å². The van der Waals surface area contributed by atoms with Crippen LogP contribution in [0.5, 0.6) is 0 Å². The van der Waals surface area contributed by atoms with Crippen molar-refractivity contribution in [3.8, 4) is 0 Å². The van der Waals surface area contributed by atoms with Gasteiger partial charge < -0.3 is 9.80 Å². The molecule has 3 heterocycles. The molecule has 4 nitrogen and oxygen atoms in total. The van der Waals surface area contributed by atoms with Gasteiger partial charge in [-0.3, -0.25) is 9.69 Å². The Hall–Kier alpha value is -0.910. The standard InChI is InChI=1S/C19H31N3OS/c1-5-16-15(2)24-13-17(16)18(23)22-10-6-9-21(4)19(14-22)7-11-20(3)12-8-19/h13H,5-12,14H2,1-4H3. The van der Waals surface area contributed by atoms with E-state index in [1.165, 1.54) is 10.4 Å². The van der Waals surface area contributed by atoms with Gasteiger partial charge in [0.15, 0.2) is 0 Å². The van der Waals surface area contributed by atoms with Gasteiger partial charge in [0.25, 0.3) is 5.91 Å². The van der Waals surface area contributed by atoms with Gasteiger partial charge in [-0.05, 0) is 65.4 Å². The Morgan fingerprint density at radius 3 is 2.58 bits per heavy atom. The Kier molecular flexibility index (Phi) is 5.33. The minimum atomic E-state index is 0.163. The van der Waals surface area contributed by atoms with E-state index in [1.54, 1.807) is 11.3 Å². The lowest BCUT2D eigenvalue weighted by atomic mass is 9.85. The van der Waals surface area contributed by atoms with Crippen molar-refractivity contribution in [1.29, 1.82) is 0 Å². The third kappa shape index (κ3) is 3.26. The molecule has 2 fully saturated rings. The number of carbonyl (C=O) groups excluding carboxylic acids is 1. The van der Waals surface area contributed by atoms with Crippen LogP contribution in [-0.4, -0.2) is 73.0 Å². The van der Waals surface area contributed by atoms with Crippen molar-refractivity contribution in [3.05, 3.63) is 21.4 Å². The molecule has 0 saturated carbocycles. The summed E-state index contributed by atoms with van der Waals surface area (Å²) in [5.74, 6) is 0.254. The van der Waals surface area contributed by atoms with Gasteiger partial charge >= 0.3 is 0 Å². The van der Waals surface area contributed by atoms with Gasteiger partial charge in [-0.15, -0.1) is 11.3 Å². The molecule has 0 aromatic carbocycles. The Bertz CT molecular complexity index is 589. The lowest BCUT2D eigenvalue weighted by Crippen LogP contribution is -2.58. The number of carbonyl (C=O) groups is 1. The number of piperidine rings is 1. The summed E-state index contributed by atoms with van der Waals surface area (Å²) < 4.78 is 0. The van der Waals surface area contributed by atoms with E-state index in [0.29, 0.717) is 0 Å². The summed E-state index contributed by atoms with van der Waals surface area (Å²) in [7, 11) is 4.46. The molecule has 2 aliphatic heterocycles. The molecule has 1 aromatic heterocycles. The second kappa shape index (κ2) is 7.14. The number of nitrogens with zero attached hydrogens (tertiary/aromatic N) is 3. The van der Waals surface area contributed by atoms with E-state index >= 15 is 0 Å². The second-order valence-electron chi connectivity index (χ2n) is 7.57. The molecule has 1 amide bonds. The SMILES string of the molecule is CCc1c(C(=O)N2CCCN(C)C3(CCN(C)CC3)C2)csc1C. The zero-order valence-electron chi connectivity index (χ0n) is 15.6. The topological polar surface area (TPSA) is 26.8 Å². The fraction of sp³-hybridized carbons (Fsp3) is 0.737. The Morgan fingerprint density at radius 1 is 1.21 bits per heavy atom. The number of rotatable bonds is 2. The lowest BCUT2D eigenvalue weighted by Gasteiger charge is -2.47. The van der Waals surface area contributed by atoms with Crippen LogP contribution >= 0.6 is 11.3 Å². The third-order valence-corrected chi connectivity index (χ3v) is 7.06. The van der Waals surface area contributed by atoms with Crippen LogP contribution < -0.4 is 0 Å². The molecular formula is C19H31N3OS. The summed E-state index contributed by atoms with van der Waals surface area (Å²) in [5.41, 5.74) is 2.36. The highest BCUT2D eigenvalue weighted by atomic mass is 32.1. The van der Waals surface area contributed by atoms with Crippen molar-refractivity contribution in [1.82, 2.24) is 14.7 Å². The number of amides is 1. The zero-order chi connectivity index (χ0) is 17.3. The van der Waals surface area contributed by atoms with Crippen molar-refractivity contribution in [3.63, 3.8) is 0 Å². The van der Waals surface area contributed by atoms with Crippen LogP contribution in [0.25, 0.3) is 0 Å². The number of aryl methyl sites for hydroxylation is 1. The van der Waals surface area contributed by atoms with Crippen LogP contribution in [0.15, 0.2) is 5.38 Å². The highest BCUT2D eigenvalue weighted by molar-refractivity contribution is 7.10. The van der Waals surface area contributed by atoms with Crippen LogP contribution in [0, 0.1) is 6.92 Å². The van der Waals surface area contributed by atoms with Crippen molar-refractivity contribution in [2.24, 2.45) is 0 Å². The number of hydrogen-bond donors (Lipinski definition) is 0. The van der Waals surface area contributed by atoms with E-state index in [4.69, 9.17) is 0 Å². The second-order valence-corrected chi connectivity index (χ2v) is 8.65. The fourth-order valence-corrected chi connectivity index (χ4v) is 5.24. The molecule has 1 spiro atoms. The zero-order valence-corrected chi connectivity index (χ0v) is 16.4. The van der Waals surface area contributed by atoms with Crippen LogP contribution in [0.1, 0.15) is 47.0 Å². The maximum Gasteiger partial charge on any atom is 0.255 e. The van der Waals surface area contributed by atoms with E-state index < -0.39 is 0 Å². The average Bonchev–Trinajstić information content (AvgIpc) is 2.87. The monoisotopic (exact) mass is 349 g/mol. The minimum Gasteiger partial charge on any atom is -0.337 e. The largest absolute Gasteiger partial charge is 0.337 e. The van der Waals surface area contributed by atoms with E-state index in [9.17, 15) is 4.79 Å². The molecule has 2 aliphatic rings. The van der Waals surface area contributed by atoms with E-state index in [2.05, 4.69) is 48.0 Å². The quantitative estimate of drug-likeness (QED) is 0.821. The molecular weight excluding hydrogens is 318 g/mol. The summed E-state index contributed by atoms with van der Waals surface area (Å²) in [6, 6.07) is 0. The first kappa shape index (κ1) is 17.9. The summed E-state index contributed by atoms with van der Waals surface area (Å²) in [6.45, 7) is 9.41. The van der Waals surface area contributed by atoms with Crippen molar-refractivity contribution < 1.29 is 4.79 Å². The molecule has 2 saturated heterocycles. The highest BCUT2D eigenvalue weighted by Gasteiger charge is 2.41.